The molecule has 0 bridgehead atoms. The minimum absolute atomic E-state index is 0.00699. The van der Waals surface area contributed by atoms with Gasteiger partial charge in [0, 0.05) is 12.1 Å². The Kier molecular flexibility index (Phi) is 2.14. The van der Waals surface area contributed by atoms with Gasteiger partial charge in [-0.25, -0.2) is 4.63 Å². The molecule has 6 nitrogen and oxygen atoms in total. The zero-order valence-corrected chi connectivity index (χ0v) is 8.92. The van der Waals surface area contributed by atoms with Crippen molar-refractivity contribution in [1.82, 2.24) is 15.2 Å². The SMILES string of the molecule is O=C1CC(=O)N(Cc2cccc3nonc23)C1. The van der Waals surface area contributed by atoms with Crippen LogP contribution in [0.3, 0.4) is 0 Å². The standard InChI is InChI=1S/C11H9N3O3/c15-8-4-10(16)14(6-8)5-7-2-1-3-9-11(7)13-17-12-9/h1-3H,4-6H2. The number of Topliss-reactive ketones (excluding diaryl/α,β-unsaturated/α-hetero) is 1. The molecule has 1 fully saturated rings. The number of fused-ring (bicyclic) bond motifs is 1. The first-order chi connectivity index (χ1) is 8.24. The third-order valence-electron chi connectivity index (χ3n) is 2.80. The second-order valence-electron chi connectivity index (χ2n) is 4.01. The second-order valence-corrected chi connectivity index (χ2v) is 4.01. The highest BCUT2D eigenvalue weighted by Crippen LogP contribution is 2.18. The van der Waals surface area contributed by atoms with Gasteiger partial charge in [0.1, 0.15) is 11.0 Å². The van der Waals surface area contributed by atoms with Crippen LogP contribution in [0.4, 0.5) is 0 Å². The molecule has 0 radical (unpaired) electrons. The van der Waals surface area contributed by atoms with Crippen LogP contribution in [0.15, 0.2) is 22.8 Å². The van der Waals surface area contributed by atoms with E-state index in [1.807, 2.05) is 12.1 Å². The molecule has 2 heterocycles. The molecule has 3 rings (SSSR count). The molecule has 86 valence electrons. The Morgan fingerprint density at radius 1 is 1.29 bits per heavy atom. The number of nitrogens with zero attached hydrogens (tertiary/aromatic N) is 3. The van der Waals surface area contributed by atoms with Crippen molar-refractivity contribution in [3.05, 3.63) is 23.8 Å². The maximum Gasteiger partial charge on any atom is 0.230 e. The number of aromatic nitrogens is 2. The summed E-state index contributed by atoms with van der Waals surface area (Å²) in [4.78, 5) is 24.2. The number of hydrogen-bond acceptors (Lipinski definition) is 5. The first-order valence-electron chi connectivity index (χ1n) is 5.23. The van der Waals surface area contributed by atoms with Gasteiger partial charge in [-0.05, 0) is 16.4 Å². The molecule has 1 saturated heterocycles. The maximum absolute atomic E-state index is 11.5. The van der Waals surface area contributed by atoms with Crippen LogP contribution in [-0.4, -0.2) is 33.4 Å². The molecule has 0 atom stereocenters. The normalized spacial score (nSPS) is 16.1. The molecule has 1 aromatic heterocycles. The van der Waals surface area contributed by atoms with Gasteiger partial charge in [-0.1, -0.05) is 12.1 Å². The molecule has 0 unspecified atom stereocenters. The molecule has 1 aromatic carbocycles. The highest BCUT2D eigenvalue weighted by Gasteiger charge is 2.27. The van der Waals surface area contributed by atoms with Crippen LogP contribution in [0, 0.1) is 0 Å². The Labute approximate surface area is 96.2 Å². The van der Waals surface area contributed by atoms with E-state index in [9.17, 15) is 9.59 Å². The van der Waals surface area contributed by atoms with Gasteiger partial charge in [0.2, 0.25) is 5.91 Å². The number of ketones is 1. The maximum atomic E-state index is 11.5. The molecular formula is C11H9N3O3. The molecule has 17 heavy (non-hydrogen) atoms. The van der Waals surface area contributed by atoms with Crippen LogP contribution < -0.4 is 0 Å². The number of amides is 1. The highest BCUT2D eigenvalue weighted by atomic mass is 16.6. The summed E-state index contributed by atoms with van der Waals surface area (Å²) in [6.45, 7) is 0.552. The average Bonchev–Trinajstić information content (AvgIpc) is 2.87. The minimum atomic E-state index is -0.136. The Morgan fingerprint density at radius 2 is 2.18 bits per heavy atom. The lowest BCUT2D eigenvalue weighted by molar-refractivity contribution is -0.128. The van der Waals surface area contributed by atoms with E-state index in [1.165, 1.54) is 4.90 Å². The lowest BCUT2D eigenvalue weighted by atomic mass is 10.2. The molecule has 0 N–H and O–H groups in total. The van der Waals surface area contributed by atoms with Gasteiger partial charge in [0.15, 0.2) is 5.78 Å². The van der Waals surface area contributed by atoms with Crippen LogP contribution in [-0.2, 0) is 16.1 Å². The third-order valence-corrected chi connectivity index (χ3v) is 2.80. The average molecular weight is 231 g/mol. The van der Waals surface area contributed by atoms with Gasteiger partial charge in [0.25, 0.3) is 0 Å². The van der Waals surface area contributed by atoms with E-state index in [1.54, 1.807) is 6.07 Å². The van der Waals surface area contributed by atoms with Crippen molar-refractivity contribution in [3.63, 3.8) is 0 Å². The van der Waals surface area contributed by atoms with E-state index in [0.717, 1.165) is 5.56 Å². The smallest absolute Gasteiger partial charge is 0.230 e. The van der Waals surface area contributed by atoms with Gasteiger partial charge in [-0.3, -0.25) is 9.59 Å². The summed E-state index contributed by atoms with van der Waals surface area (Å²) in [5.74, 6) is -0.177. The third kappa shape index (κ3) is 1.67. The summed E-state index contributed by atoms with van der Waals surface area (Å²) in [6, 6.07) is 5.46. The molecule has 1 aliphatic rings. The fourth-order valence-electron chi connectivity index (χ4n) is 1.98. The van der Waals surface area contributed by atoms with Gasteiger partial charge in [0.05, 0.1) is 13.0 Å². The fraction of sp³-hybridized carbons (Fsp3) is 0.273. The van der Waals surface area contributed by atoms with E-state index in [-0.39, 0.29) is 24.7 Å². The van der Waals surface area contributed by atoms with Crippen LogP contribution in [0.5, 0.6) is 0 Å². The minimum Gasteiger partial charge on any atom is -0.331 e. The molecule has 2 aromatic rings. The lowest BCUT2D eigenvalue weighted by Crippen LogP contribution is -2.24. The van der Waals surface area contributed by atoms with E-state index in [0.29, 0.717) is 17.6 Å². The predicted octanol–water partition coefficient (Wildman–Crippen LogP) is 0.524. The van der Waals surface area contributed by atoms with Gasteiger partial charge >= 0.3 is 0 Å². The van der Waals surface area contributed by atoms with Crippen molar-refractivity contribution in [2.45, 2.75) is 13.0 Å². The molecule has 0 aliphatic carbocycles. The molecule has 1 amide bonds. The van der Waals surface area contributed by atoms with Crippen molar-refractivity contribution >= 4 is 22.7 Å². The molecule has 0 saturated carbocycles. The summed E-state index contributed by atoms with van der Waals surface area (Å²) in [6.07, 6.45) is 0.00699. The fourth-order valence-corrected chi connectivity index (χ4v) is 1.98. The molecule has 6 heteroatoms. The van der Waals surface area contributed by atoms with Crippen LogP contribution in [0.25, 0.3) is 11.0 Å². The summed E-state index contributed by atoms with van der Waals surface area (Å²) >= 11 is 0. The lowest BCUT2D eigenvalue weighted by Gasteiger charge is -2.14. The number of carbonyl (C=O) groups is 2. The molecule has 1 aliphatic heterocycles. The Bertz CT molecular complexity index is 605. The predicted molar refractivity (Wildman–Crippen MR) is 56.8 cm³/mol. The number of hydrogen-bond donors (Lipinski definition) is 0. The van der Waals surface area contributed by atoms with E-state index in [4.69, 9.17) is 0 Å². The zero-order valence-electron chi connectivity index (χ0n) is 8.92. The Hall–Kier alpha value is -2.24. The van der Waals surface area contributed by atoms with Gasteiger partial charge < -0.3 is 4.90 Å². The second kappa shape index (κ2) is 3.65. The number of carbonyl (C=O) groups excluding carboxylic acids is 2. The molecular weight excluding hydrogens is 222 g/mol. The summed E-state index contributed by atoms with van der Waals surface area (Å²) in [7, 11) is 0. The Balaban J connectivity index is 1.92. The number of likely N-dealkylation sites (tertiary alicyclic amines) is 1. The number of benzene rings is 1. The monoisotopic (exact) mass is 231 g/mol. The summed E-state index contributed by atoms with van der Waals surface area (Å²) < 4.78 is 4.65. The van der Waals surface area contributed by atoms with Crippen molar-refractivity contribution in [1.29, 1.82) is 0 Å². The van der Waals surface area contributed by atoms with Crippen molar-refractivity contribution in [2.75, 3.05) is 6.54 Å². The summed E-state index contributed by atoms with van der Waals surface area (Å²) in [5.41, 5.74) is 2.13. The van der Waals surface area contributed by atoms with Gasteiger partial charge in [-0.2, -0.15) is 0 Å². The quantitative estimate of drug-likeness (QED) is 0.704. The van der Waals surface area contributed by atoms with E-state index < -0.39 is 0 Å². The summed E-state index contributed by atoms with van der Waals surface area (Å²) in [5, 5.41) is 7.53. The highest BCUT2D eigenvalue weighted by molar-refractivity contribution is 6.05. The zero-order chi connectivity index (χ0) is 11.8. The Morgan fingerprint density at radius 3 is 2.94 bits per heavy atom. The van der Waals surface area contributed by atoms with Crippen LogP contribution >= 0.6 is 0 Å². The van der Waals surface area contributed by atoms with Crippen LogP contribution in [0.2, 0.25) is 0 Å². The van der Waals surface area contributed by atoms with Crippen molar-refractivity contribution < 1.29 is 14.2 Å². The van der Waals surface area contributed by atoms with Crippen molar-refractivity contribution in [2.24, 2.45) is 0 Å². The number of rotatable bonds is 2. The van der Waals surface area contributed by atoms with Crippen LogP contribution in [0.1, 0.15) is 12.0 Å². The topological polar surface area (TPSA) is 76.3 Å². The van der Waals surface area contributed by atoms with E-state index in [2.05, 4.69) is 14.9 Å². The largest absolute Gasteiger partial charge is 0.331 e. The van der Waals surface area contributed by atoms with Gasteiger partial charge in [-0.15, -0.1) is 0 Å². The van der Waals surface area contributed by atoms with Crippen molar-refractivity contribution in [3.8, 4) is 0 Å². The van der Waals surface area contributed by atoms with E-state index >= 15 is 0 Å². The molecule has 0 spiro atoms. The first kappa shape index (κ1) is 9.95. The first-order valence-corrected chi connectivity index (χ1v) is 5.23.